The maximum Gasteiger partial charge on any atom is 0.335 e. The van der Waals surface area contributed by atoms with Crippen LogP contribution >= 0.6 is 0 Å². The van der Waals surface area contributed by atoms with Gasteiger partial charge in [0.05, 0.1) is 19.3 Å². The zero-order valence-corrected chi connectivity index (χ0v) is 11.8. The highest BCUT2D eigenvalue weighted by Gasteiger charge is 2.10. The lowest BCUT2D eigenvalue weighted by molar-refractivity contribution is -0.126. The van der Waals surface area contributed by atoms with Crippen LogP contribution < -0.4 is 10.1 Å². The largest absolute Gasteiger partial charge is 0.496 e. The Balaban J connectivity index is 2.60. The molecule has 0 aliphatic rings. The molecule has 0 aliphatic heterocycles. The average molecular weight is 281 g/mol. The van der Waals surface area contributed by atoms with E-state index >= 15 is 0 Å². The number of amides is 1. The van der Waals surface area contributed by atoms with Crippen LogP contribution in [0.3, 0.4) is 0 Å². The number of carboxylic acids is 1. The molecule has 110 valence electrons. The minimum atomic E-state index is -1.02. The van der Waals surface area contributed by atoms with Crippen molar-refractivity contribution in [1.82, 2.24) is 5.32 Å². The van der Waals surface area contributed by atoms with E-state index in [1.165, 1.54) is 19.2 Å². The third-order valence-corrected chi connectivity index (χ3v) is 2.47. The normalized spacial score (nSPS) is 10.4. The van der Waals surface area contributed by atoms with Crippen LogP contribution in [-0.4, -0.2) is 36.7 Å². The van der Waals surface area contributed by atoms with Crippen LogP contribution in [0, 0.1) is 0 Å². The van der Waals surface area contributed by atoms with E-state index in [4.69, 9.17) is 14.6 Å². The van der Waals surface area contributed by atoms with E-state index in [2.05, 4.69) is 5.32 Å². The highest BCUT2D eigenvalue weighted by molar-refractivity contribution is 5.88. The highest BCUT2D eigenvalue weighted by atomic mass is 16.5. The average Bonchev–Trinajstić information content (AvgIpc) is 2.37. The zero-order chi connectivity index (χ0) is 15.1. The van der Waals surface area contributed by atoms with Gasteiger partial charge in [-0.15, -0.1) is 0 Å². The first-order chi connectivity index (χ1) is 9.43. The Morgan fingerprint density at radius 2 is 2.05 bits per heavy atom. The van der Waals surface area contributed by atoms with Crippen LogP contribution in [0.2, 0.25) is 0 Å². The van der Waals surface area contributed by atoms with Crippen LogP contribution in [0.15, 0.2) is 18.2 Å². The van der Waals surface area contributed by atoms with Crippen LogP contribution in [0.5, 0.6) is 5.75 Å². The monoisotopic (exact) mass is 281 g/mol. The Morgan fingerprint density at radius 1 is 1.35 bits per heavy atom. The first-order valence-corrected chi connectivity index (χ1v) is 6.21. The van der Waals surface area contributed by atoms with Gasteiger partial charge in [0, 0.05) is 11.6 Å². The van der Waals surface area contributed by atoms with Gasteiger partial charge in [0.1, 0.15) is 12.4 Å². The van der Waals surface area contributed by atoms with Gasteiger partial charge in [-0.1, -0.05) is 6.07 Å². The van der Waals surface area contributed by atoms with Gasteiger partial charge >= 0.3 is 5.97 Å². The third kappa shape index (κ3) is 4.89. The summed E-state index contributed by atoms with van der Waals surface area (Å²) in [5.41, 5.74) is 0.831. The molecule has 0 aliphatic carbocycles. The Hall–Kier alpha value is -2.08. The van der Waals surface area contributed by atoms with E-state index in [0.717, 1.165) is 0 Å². The van der Waals surface area contributed by atoms with Crippen LogP contribution in [0.25, 0.3) is 0 Å². The van der Waals surface area contributed by atoms with Crippen molar-refractivity contribution < 1.29 is 24.2 Å². The molecule has 6 nitrogen and oxygen atoms in total. The summed E-state index contributed by atoms with van der Waals surface area (Å²) in [6, 6.07) is 4.57. The Kier molecular flexibility index (Phi) is 5.99. The predicted octanol–water partition coefficient (Wildman–Crippen LogP) is 1.43. The fraction of sp³-hybridized carbons (Fsp3) is 0.429. The predicted molar refractivity (Wildman–Crippen MR) is 72.9 cm³/mol. The maximum atomic E-state index is 11.4. The minimum absolute atomic E-state index is 0.0536. The summed E-state index contributed by atoms with van der Waals surface area (Å²) in [6.07, 6.45) is 0. The SMILES string of the molecule is COc1cc(C(=O)O)ccc1COCC(=O)NC(C)C. The van der Waals surface area contributed by atoms with Gasteiger partial charge in [0.15, 0.2) is 0 Å². The van der Waals surface area contributed by atoms with Gasteiger partial charge in [-0.2, -0.15) is 0 Å². The second-order valence-corrected chi connectivity index (χ2v) is 4.55. The van der Waals surface area contributed by atoms with E-state index in [9.17, 15) is 9.59 Å². The molecule has 2 N–H and O–H groups in total. The molecule has 1 rings (SSSR count). The molecule has 0 saturated heterocycles. The fourth-order valence-corrected chi connectivity index (χ4v) is 1.61. The van der Waals surface area contributed by atoms with Crippen molar-refractivity contribution >= 4 is 11.9 Å². The number of aromatic carboxylic acids is 1. The van der Waals surface area contributed by atoms with Crippen molar-refractivity contribution in [2.75, 3.05) is 13.7 Å². The summed E-state index contributed by atoms with van der Waals surface area (Å²) in [5.74, 6) is -0.789. The molecule has 0 atom stereocenters. The Morgan fingerprint density at radius 3 is 2.60 bits per heavy atom. The number of hydrogen-bond donors (Lipinski definition) is 2. The standard InChI is InChI=1S/C14H19NO5/c1-9(2)15-13(16)8-20-7-11-5-4-10(14(17)18)6-12(11)19-3/h4-6,9H,7-8H2,1-3H3,(H,15,16)(H,17,18). The maximum absolute atomic E-state index is 11.4. The molecule has 6 heteroatoms. The van der Waals surface area contributed by atoms with E-state index < -0.39 is 5.97 Å². The van der Waals surface area contributed by atoms with Crippen LogP contribution in [0.1, 0.15) is 29.8 Å². The first kappa shape index (κ1) is 16.0. The zero-order valence-electron chi connectivity index (χ0n) is 11.8. The molecule has 20 heavy (non-hydrogen) atoms. The van der Waals surface area contributed by atoms with Crippen molar-refractivity contribution in [3.05, 3.63) is 29.3 Å². The minimum Gasteiger partial charge on any atom is -0.496 e. The first-order valence-electron chi connectivity index (χ1n) is 6.21. The number of rotatable bonds is 7. The topological polar surface area (TPSA) is 84.9 Å². The summed E-state index contributed by atoms with van der Waals surface area (Å²) >= 11 is 0. The third-order valence-electron chi connectivity index (χ3n) is 2.47. The molecule has 0 aromatic heterocycles. The lowest BCUT2D eigenvalue weighted by Crippen LogP contribution is -2.33. The van der Waals surface area contributed by atoms with Gasteiger partial charge < -0.3 is 19.9 Å². The highest BCUT2D eigenvalue weighted by Crippen LogP contribution is 2.21. The molecular formula is C14H19NO5. The van der Waals surface area contributed by atoms with Crippen molar-refractivity contribution in [1.29, 1.82) is 0 Å². The Labute approximate surface area is 117 Å². The van der Waals surface area contributed by atoms with E-state index in [-0.39, 0.29) is 30.7 Å². The molecule has 0 saturated carbocycles. The summed E-state index contributed by atoms with van der Waals surface area (Å²) < 4.78 is 10.4. The van der Waals surface area contributed by atoms with Crippen molar-refractivity contribution in [2.24, 2.45) is 0 Å². The fourth-order valence-electron chi connectivity index (χ4n) is 1.61. The molecule has 0 heterocycles. The number of hydrogen-bond acceptors (Lipinski definition) is 4. The van der Waals surface area contributed by atoms with Crippen molar-refractivity contribution in [2.45, 2.75) is 26.5 Å². The molecule has 0 radical (unpaired) electrons. The molecule has 0 unspecified atom stereocenters. The Bertz CT molecular complexity index is 484. The molecular weight excluding hydrogens is 262 g/mol. The van der Waals surface area contributed by atoms with E-state index in [1.54, 1.807) is 6.07 Å². The lowest BCUT2D eigenvalue weighted by atomic mass is 10.1. The van der Waals surface area contributed by atoms with Gasteiger partial charge in [-0.05, 0) is 26.0 Å². The van der Waals surface area contributed by atoms with E-state index in [1.807, 2.05) is 13.8 Å². The molecule has 0 fully saturated rings. The summed E-state index contributed by atoms with van der Waals surface area (Å²) in [4.78, 5) is 22.2. The van der Waals surface area contributed by atoms with Gasteiger partial charge in [0.25, 0.3) is 0 Å². The van der Waals surface area contributed by atoms with Crippen molar-refractivity contribution in [3.8, 4) is 5.75 Å². The number of benzene rings is 1. The summed E-state index contributed by atoms with van der Waals surface area (Å²) in [7, 11) is 1.45. The van der Waals surface area contributed by atoms with Crippen LogP contribution in [-0.2, 0) is 16.1 Å². The van der Waals surface area contributed by atoms with Gasteiger partial charge in [-0.3, -0.25) is 4.79 Å². The smallest absolute Gasteiger partial charge is 0.335 e. The number of carbonyl (C=O) groups is 2. The van der Waals surface area contributed by atoms with Gasteiger partial charge in [0.2, 0.25) is 5.91 Å². The van der Waals surface area contributed by atoms with E-state index in [0.29, 0.717) is 11.3 Å². The number of nitrogens with one attached hydrogen (secondary N) is 1. The molecule has 1 amide bonds. The summed E-state index contributed by atoms with van der Waals surface area (Å²) in [6.45, 7) is 3.85. The van der Waals surface area contributed by atoms with Crippen LogP contribution in [0.4, 0.5) is 0 Å². The van der Waals surface area contributed by atoms with Crippen molar-refractivity contribution in [3.63, 3.8) is 0 Å². The second kappa shape index (κ2) is 7.49. The lowest BCUT2D eigenvalue weighted by Gasteiger charge is -2.11. The quantitative estimate of drug-likeness (QED) is 0.790. The van der Waals surface area contributed by atoms with Gasteiger partial charge in [-0.25, -0.2) is 4.79 Å². The summed E-state index contributed by atoms with van der Waals surface area (Å²) in [5, 5.41) is 11.6. The number of methoxy groups -OCH3 is 1. The number of ether oxygens (including phenoxy) is 2. The number of carbonyl (C=O) groups excluding carboxylic acids is 1. The molecule has 1 aromatic carbocycles. The second-order valence-electron chi connectivity index (χ2n) is 4.55. The number of carboxylic acid groups (broad SMARTS) is 1. The molecule has 0 bridgehead atoms. The molecule has 0 spiro atoms. The molecule has 1 aromatic rings.